The number of ether oxygens (including phenoxy) is 2. The largest absolute Gasteiger partial charge is 0.497 e. The molecule has 1 aromatic rings. The summed E-state index contributed by atoms with van der Waals surface area (Å²) >= 11 is 0. The van der Waals surface area contributed by atoms with Crippen LogP contribution in [-0.2, 0) is 14.3 Å². The molecule has 0 heterocycles. The van der Waals surface area contributed by atoms with Gasteiger partial charge >= 0.3 is 5.97 Å². The lowest BCUT2D eigenvalue weighted by Crippen LogP contribution is -2.24. The predicted molar refractivity (Wildman–Crippen MR) is 94.8 cm³/mol. The van der Waals surface area contributed by atoms with Gasteiger partial charge in [0, 0.05) is 19.4 Å². The van der Waals surface area contributed by atoms with Crippen LogP contribution >= 0.6 is 0 Å². The number of hydrogen-bond donors (Lipinski definition) is 1. The maximum Gasteiger partial charge on any atom is 0.305 e. The first-order valence-electron chi connectivity index (χ1n) is 8.38. The minimum atomic E-state index is -0.242. The quantitative estimate of drug-likeness (QED) is 0.498. The van der Waals surface area contributed by atoms with Crippen molar-refractivity contribution in [3.63, 3.8) is 0 Å². The predicted octanol–water partition coefficient (Wildman–Crippen LogP) is 3.34. The first-order valence-corrected chi connectivity index (χ1v) is 8.38. The van der Waals surface area contributed by atoms with E-state index in [4.69, 9.17) is 9.47 Å². The highest BCUT2D eigenvalue weighted by atomic mass is 16.5. The van der Waals surface area contributed by atoms with Gasteiger partial charge in [-0.05, 0) is 43.9 Å². The maximum absolute atomic E-state index is 11.6. The second kappa shape index (κ2) is 12.2. The second-order valence-corrected chi connectivity index (χ2v) is 5.33. The van der Waals surface area contributed by atoms with Crippen molar-refractivity contribution in [1.82, 2.24) is 5.32 Å². The molecule has 0 radical (unpaired) electrons. The first-order chi connectivity index (χ1) is 11.7. The molecule has 0 aliphatic carbocycles. The lowest BCUT2D eigenvalue weighted by Gasteiger charge is -2.04. The zero-order valence-electron chi connectivity index (χ0n) is 14.5. The van der Waals surface area contributed by atoms with E-state index in [-0.39, 0.29) is 11.9 Å². The van der Waals surface area contributed by atoms with Crippen LogP contribution in [0.2, 0.25) is 0 Å². The fraction of sp³-hybridized carbons (Fsp3) is 0.474. The van der Waals surface area contributed by atoms with E-state index in [1.807, 2.05) is 24.3 Å². The molecule has 0 saturated carbocycles. The highest BCUT2D eigenvalue weighted by molar-refractivity contribution is 5.76. The summed E-state index contributed by atoms with van der Waals surface area (Å²) in [5, 5.41) is 2.86. The lowest BCUT2D eigenvalue weighted by atomic mass is 10.2. The normalized spacial score (nSPS) is 10.6. The van der Waals surface area contributed by atoms with Crippen molar-refractivity contribution in [2.45, 2.75) is 39.0 Å². The molecule has 1 aromatic carbocycles. The number of hydrogen-bond acceptors (Lipinski definition) is 4. The fourth-order valence-corrected chi connectivity index (χ4v) is 2.10. The molecule has 0 spiro atoms. The Hall–Kier alpha value is -2.30. The van der Waals surface area contributed by atoms with E-state index in [0.29, 0.717) is 32.4 Å². The number of amides is 1. The summed E-state index contributed by atoms with van der Waals surface area (Å²) in [6, 6.07) is 7.85. The number of methoxy groups -OCH3 is 1. The Morgan fingerprint density at radius 2 is 1.88 bits per heavy atom. The number of unbranched alkanes of at least 4 members (excludes halogenated alkanes) is 1. The Balaban J connectivity index is 2.07. The van der Waals surface area contributed by atoms with Crippen molar-refractivity contribution in [3.05, 3.63) is 35.9 Å². The van der Waals surface area contributed by atoms with Gasteiger partial charge in [0.15, 0.2) is 0 Å². The van der Waals surface area contributed by atoms with Crippen LogP contribution in [0.25, 0.3) is 6.08 Å². The smallest absolute Gasteiger partial charge is 0.305 e. The molecule has 132 valence electrons. The molecule has 0 bridgehead atoms. The third-order valence-corrected chi connectivity index (χ3v) is 3.39. The lowest BCUT2D eigenvalue weighted by molar-refractivity contribution is -0.143. The van der Waals surface area contributed by atoms with Gasteiger partial charge in [-0.25, -0.2) is 0 Å². The molecular formula is C19H27NO4. The molecule has 0 fully saturated rings. The third kappa shape index (κ3) is 8.98. The topological polar surface area (TPSA) is 64.6 Å². The van der Waals surface area contributed by atoms with Crippen molar-refractivity contribution < 1.29 is 19.1 Å². The van der Waals surface area contributed by atoms with E-state index in [1.54, 1.807) is 14.0 Å². The molecule has 0 aliphatic heterocycles. The van der Waals surface area contributed by atoms with E-state index in [0.717, 1.165) is 24.2 Å². The summed E-state index contributed by atoms with van der Waals surface area (Å²) in [6.45, 7) is 2.80. The molecule has 0 aliphatic rings. The van der Waals surface area contributed by atoms with Crippen LogP contribution in [0.15, 0.2) is 30.3 Å². The van der Waals surface area contributed by atoms with Crippen molar-refractivity contribution in [2.75, 3.05) is 20.3 Å². The van der Waals surface area contributed by atoms with Gasteiger partial charge in [0.05, 0.1) is 13.7 Å². The van der Waals surface area contributed by atoms with Gasteiger partial charge in [0.25, 0.3) is 0 Å². The van der Waals surface area contributed by atoms with Gasteiger partial charge < -0.3 is 14.8 Å². The summed E-state index contributed by atoms with van der Waals surface area (Å²) in [5.74, 6) is 0.588. The van der Waals surface area contributed by atoms with Gasteiger partial charge in [0.2, 0.25) is 5.91 Å². The molecule has 5 heteroatoms. The Morgan fingerprint density at radius 1 is 1.12 bits per heavy atom. The van der Waals surface area contributed by atoms with Crippen LogP contribution in [0.4, 0.5) is 0 Å². The highest BCUT2D eigenvalue weighted by Crippen LogP contribution is 2.12. The van der Waals surface area contributed by atoms with E-state index >= 15 is 0 Å². The number of carbonyl (C=O) groups is 2. The van der Waals surface area contributed by atoms with Crippen molar-refractivity contribution in [1.29, 1.82) is 0 Å². The maximum atomic E-state index is 11.6. The van der Waals surface area contributed by atoms with E-state index in [1.165, 1.54) is 0 Å². The molecule has 1 rings (SSSR count). The number of rotatable bonds is 11. The summed E-state index contributed by atoms with van der Waals surface area (Å²) in [7, 11) is 1.65. The highest BCUT2D eigenvalue weighted by Gasteiger charge is 2.04. The van der Waals surface area contributed by atoms with E-state index in [2.05, 4.69) is 17.5 Å². The standard InChI is InChI=1S/C19H27NO4/c1-3-24-19(22)10-7-9-18(21)20-15-6-4-5-8-16-11-13-17(23-2)14-12-16/h5,8,11-14H,3-4,6-7,9-10,15H2,1-2H3,(H,20,21)/b8-5-. The Morgan fingerprint density at radius 3 is 2.54 bits per heavy atom. The molecule has 24 heavy (non-hydrogen) atoms. The summed E-state index contributed by atoms with van der Waals surface area (Å²) in [5.41, 5.74) is 1.12. The molecule has 0 unspecified atom stereocenters. The Labute approximate surface area is 144 Å². The molecule has 0 saturated heterocycles. The first kappa shape index (κ1) is 19.7. The number of allylic oxidation sites excluding steroid dienone is 1. The molecule has 0 atom stereocenters. The van der Waals surface area contributed by atoms with Gasteiger partial charge in [-0.3, -0.25) is 9.59 Å². The summed E-state index contributed by atoms with van der Waals surface area (Å²) in [4.78, 5) is 22.7. The zero-order chi connectivity index (χ0) is 17.6. The van der Waals surface area contributed by atoms with Crippen molar-refractivity contribution >= 4 is 18.0 Å². The minimum absolute atomic E-state index is 0.0153. The van der Waals surface area contributed by atoms with E-state index < -0.39 is 0 Å². The Kier molecular flexibility index (Phi) is 10.0. The molecule has 1 N–H and O–H groups in total. The molecular weight excluding hydrogens is 306 g/mol. The second-order valence-electron chi connectivity index (χ2n) is 5.33. The Bertz CT molecular complexity index is 523. The van der Waals surface area contributed by atoms with Crippen LogP contribution in [0.5, 0.6) is 5.75 Å². The van der Waals surface area contributed by atoms with Crippen LogP contribution < -0.4 is 10.1 Å². The summed E-state index contributed by atoms with van der Waals surface area (Å²) < 4.78 is 9.93. The van der Waals surface area contributed by atoms with Crippen LogP contribution in [0, 0.1) is 0 Å². The zero-order valence-corrected chi connectivity index (χ0v) is 14.5. The number of benzene rings is 1. The van der Waals surface area contributed by atoms with Gasteiger partial charge in [-0.1, -0.05) is 24.3 Å². The van der Waals surface area contributed by atoms with Gasteiger partial charge in [0.1, 0.15) is 5.75 Å². The third-order valence-electron chi connectivity index (χ3n) is 3.39. The number of esters is 1. The number of nitrogens with one attached hydrogen (secondary N) is 1. The van der Waals surface area contributed by atoms with Crippen molar-refractivity contribution in [2.24, 2.45) is 0 Å². The molecule has 5 nitrogen and oxygen atoms in total. The average Bonchev–Trinajstić information content (AvgIpc) is 2.58. The molecule has 0 aromatic heterocycles. The van der Waals surface area contributed by atoms with Crippen LogP contribution in [0.1, 0.15) is 44.6 Å². The van der Waals surface area contributed by atoms with Gasteiger partial charge in [-0.2, -0.15) is 0 Å². The SMILES string of the molecule is CCOC(=O)CCCC(=O)NCCC/C=C\c1ccc(OC)cc1. The van der Waals surface area contributed by atoms with Gasteiger partial charge in [-0.15, -0.1) is 0 Å². The number of carbonyl (C=O) groups excluding carboxylic acids is 2. The van der Waals surface area contributed by atoms with E-state index in [9.17, 15) is 9.59 Å². The minimum Gasteiger partial charge on any atom is -0.497 e. The van der Waals surface area contributed by atoms with Crippen molar-refractivity contribution in [3.8, 4) is 5.75 Å². The van der Waals surface area contributed by atoms with Crippen LogP contribution in [-0.4, -0.2) is 32.1 Å². The molecule has 1 amide bonds. The fourth-order valence-electron chi connectivity index (χ4n) is 2.10. The average molecular weight is 333 g/mol. The van der Waals surface area contributed by atoms with Crippen LogP contribution in [0.3, 0.4) is 0 Å². The summed E-state index contributed by atoms with van der Waals surface area (Å²) in [6.07, 6.45) is 7.12. The monoisotopic (exact) mass is 333 g/mol.